The van der Waals surface area contributed by atoms with Crippen LogP contribution in [0.15, 0.2) is 0 Å². The van der Waals surface area contributed by atoms with Gasteiger partial charge in [0.1, 0.15) is 0 Å². The molecule has 5 nitrogen and oxygen atoms in total. The predicted octanol–water partition coefficient (Wildman–Crippen LogP) is -0.835. The number of rotatable bonds is 4. The summed E-state index contributed by atoms with van der Waals surface area (Å²) in [6.07, 6.45) is 1.87. The molecule has 0 aromatic rings. The van der Waals surface area contributed by atoms with Crippen molar-refractivity contribution in [2.75, 3.05) is 33.3 Å². The summed E-state index contributed by atoms with van der Waals surface area (Å²) in [5.74, 6) is 0. The summed E-state index contributed by atoms with van der Waals surface area (Å²) in [6.45, 7) is 2.93. The molecule has 18 heavy (non-hydrogen) atoms. The van der Waals surface area contributed by atoms with Gasteiger partial charge < -0.3 is 25.5 Å². The molecule has 0 spiro atoms. The summed E-state index contributed by atoms with van der Waals surface area (Å²) in [4.78, 5) is 2.32. The number of hydrogen-bond acceptors (Lipinski definition) is 5. The van der Waals surface area contributed by atoms with Gasteiger partial charge in [0.25, 0.3) is 0 Å². The van der Waals surface area contributed by atoms with Crippen molar-refractivity contribution in [3.05, 3.63) is 0 Å². The molecule has 1 unspecified atom stereocenters. The molecule has 1 saturated heterocycles. The van der Waals surface area contributed by atoms with Crippen LogP contribution >= 0.6 is 0 Å². The lowest BCUT2D eigenvalue weighted by Gasteiger charge is -2.33. The van der Waals surface area contributed by atoms with Crippen LogP contribution in [0.1, 0.15) is 25.7 Å². The highest BCUT2D eigenvalue weighted by Gasteiger charge is 2.43. The minimum absolute atomic E-state index is 0.0285. The molecular formula is C13H26N2O3. The van der Waals surface area contributed by atoms with E-state index in [2.05, 4.69) is 17.3 Å². The highest BCUT2D eigenvalue weighted by atomic mass is 16.3. The average Bonchev–Trinajstić information content (AvgIpc) is 2.65. The van der Waals surface area contributed by atoms with E-state index in [0.29, 0.717) is 25.4 Å². The normalized spacial score (nSPS) is 39.3. The Morgan fingerprint density at radius 2 is 1.72 bits per heavy atom. The van der Waals surface area contributed by atoms with Crippen molar-refractivity contribution in [1.29, 1.82) is 0 Å². The fourth-order valence-corrected chi connectivity index (χ4v) is 3.15. The molecule has 2 aliphatic rings. The zero-order chi connectivity index (χ0) is 13.2. The Morgan fingerprint density at radius 3 is 2.22 bits per heavy atom. The molecule has 106 valence electrons. The van der Waals surface area contributed by atoms with Crippen LogP contribution in [-0.4, -0.2) is 71.8 Å². The van der Waals surface area contributed by atoms with Gasteiger partial charge >= 0.3 is 0 Å². The monoisotopic (exact) mass is 258 g/mol. The fraction of sp³-hybridized carbons (Fsp3) is 1.00. The molecule has 1 aliphatic carbocycles. The minimum Gasteiger partial charge on any atom is -0.396 e. The van der Waals surface area contributed by atoms with E-state index in [1.54, 1.807) is 0 Å². The molecule has 0 radical (unpaired) electrons. The summed E-state index contributed by atoms with van der Waals surface area (Å²) in [6, 6.07) is 0.500. The molecular weight excluding hydrogens is 232 g/mol. The van der Waals surface area contributed by atoms with E-state index in [0.717, 1.165) is 25.9 Å². The molecule has 5 heteroatoms. The van der Waals surface area contributed by atoms with E-state index in [1.807, 2.05) is 0 Å². The van der Waals surface area contributed by atoms with E-state index >= 15 is 0 Å². The van der Waals surface area contributed by atoms with Gasteiger partial charge in [0.2, 0.25) is 0 Å². The number of nitrogens with one attached hydrogen (secondary N) is 1. The van der Waals surface area contributed by atoms with Crippen molar-refractivity contribution in [1.82, 2.24) is 10.2 Å². The highest BCUT2D eigenvalue weighted by Crippen LogP contribution is 2.37. The first kappa shape index (κ1) is 14.2. The van der Waals surface area contributed by atoms with E-state index in [4.69, 9.17) is 0 Å². The Bertz CT molecular complexity index is 257. The van der Waals surface area contributed by atoms with Crippen LogP contribution in [0.3, 0.4) is 0 Å². The molecule has 1 heterocycles. The van der Waals surface area contributed by atoms with Crippen molar-refractivity contribution >= 4 is 0 Å². The lowest BCUT2D eigenvalue weighted by atomic mass is 9.86. The van der Waals surface area contributed by atoms with Crippen LogP contribution in [-0.2, 0) is 0 Å². The molecule has 1 aliphatic heterocycles. The lowest BCUT2D eigenvalue weighted by molar-refractivity contribution is 0.0438. The van der Waals surface area contributed by atoms with Gasteiger partial charge in [0.15, 0.2) is 0 Å². The molecule has 2 rings (SSSR count). The first-order valence-electron chi connectivity index (χ1n) is 6.94. The summed E-state index contributed by atoms with van der Waals surface area (Å²) in [7, 11) is 2.13. The van der Waals surface area contributed by atoms with Gasteiger partial charge in [-0.25, -0.2) is 0 Å². The number of aliphatic hydroxyl groups excluding tert-OH is 3. The molecule has 4 N–H and O–H groups in total. The molecule has 2 fully saturated rings. The van der Waals surface area contributed by atoms with E-state index < -0.39 is 12.2 Å². The maximum absolute atomic E-state index is 9.64. The van der Waals surface area contributed by atoms with Crippen molar-refractivity contribution in [3.8, 4) is 0 Å². The Morgan fingerprint density at radius 1 is 1.17 bits per heavy atom. The standard InChI is InChI=1S/C13H26N2O3/c1-15-4-2-10(3-5-15)14-8-13(9-16)6-11(17)12(18)7-13/h10-12,14,16-18H,2-9H2,1H3/t11-,12+,13?. The van der Waals surface area contributed by atoms with Crippen molar-refractivity contribution in [3.63, 3.8) is 0 Å². The quantitative estimate of drug-likeness (QED) is 0.529. The zero-order valence-electron chi connectivity index (χ0n) is 11.2. The van der Waals surface area contributed by atoms with Crippen LogP contribution in [0, 0.1) is 5.41 Å². The van der Waals surface area contributed by atoms with E-state index in [9.17, 15) is 15.3 Å². The van der Waals surface area contributed by atoms with Gasteiger partial charge in [-0.05, 0) is 45.8 Å². The maximum atomic E-state index is 9.64. The Labute approximate surface area is 109 Å². The fourth-order valence-electron chi connectivity index (χ4n) is 3.15. The maximum Gasteiger partial charge on any atom is 0.0806 e. The SMILES string of the molecule is CN1CCC(NCC2(CO)C[C@@H](O)[C@@H](O)C2)CC1. The molecule has 1 saturated carbocycles. The number of hydrogen-bond donors (Lipinski definition) is 4. The van der Waals surface area contributed by atoms with Crippen molar-refractivity contribution in [2.45, 2.75) is 43.9 Å². The van der Waals surface area contributed by atoms with Gasteiger partial charge in [-0.1, -0.05) is 0 Å². The largest absolute Gasteiger partial charge is 0.396 e. The zero-order valence-corrected chi connectivity index (χ0v) is 11.2. The van der Waals surface area contributed by atoms with Crippen LogP contribution in [0.25, 0.3) is 0 Å². The van der Waals surface area contributed by atoms with Crippen molar-refractivity contribution < 1.29 is 15.3 Å². The Kier molecular flexibility index (Phi) is 4.61. The van der Waals surface area contributed by atoms with E-state index in [1.165, 1.54) is 0 Å². The van der Waals surface area contributed by atoms with Crippen LogP contribution in [0.5, 0.6) is 0 Å². The van der Waals surface area contributed by atoms with Gasteiger partial charge in [0.05, 0.1) is 18.8 Å². The molecule has 0 aromatic carbocycles. The van der Waals surface area contributed by atoms with E-state index in [-0.39, 0.29) is 12.0 Å². The third kappa shape index (κ3) is 3.22. The van der Waals surface area contributed by atoms with Crippen molar-refractivity contribution in [2.24, 2.45) is 5.41 Å². The highest BCUT2D eigenvalue weighted by molar-refractivity contribution is 4.96. The third-order valence-corrected chi connectivity index (χ3v) is 4.55. The number of likely N-dealkylation sites (tertiary alicyclic amines) is 1. The van der Waals surface area contributed by atoms with Gasteiger partial charge in [-0.3, -0.25) is 0 Å². The second-order valence-corrected chi connectivity index (χ2v) is 6.16. The summed E-state index contributed by atoms with van der Waals surface area (Å²) < 4.78 is 0. The Balaban J connectivity index is 1.81. The number of piperidine rings is 1. The smallest absolute Gasteiger partial charge is 0.0806 e. The summed E-state index contributed by atoms with van der Waals surface area (Å²) in [5, 5.41) is 32.3. The lowest BCUT2D eigenvalue weighted by Crippen LogP contribution is -2.45. The van der Waals surface area contributed by atoms with Gasteiger partial charge in [-0.15, -0.1) is 0 Å². The van der Waals surface area contributed by atoms with Gasteiger partial charge in [0, 0.05) is 18.0 Å². The second-order valence-electron chi connectivity index (χ2n) is 6.16. The number of nitrogens with zero attached hydrogens (tertiary/aromatic N) is 1. The van der Waals surface area contributed by atoms with Gasteiger partial charge in [-0.2, -0.15) is 0 Å². The number of aliphatic hydroxyl groups is 3. The first-order valence-corrected chi connectivity index (χ1v) is 6.94. The second kappa shape index (κ2) is 5.84. The molecule has 0 aromatic heterocycles. The topological polar surface area (TPSA) is 76.0 Å². The summed E-state index contributed by atoms with van der Waals surface area (Å²) in [5.41, 5.74) is -0.345. The van der Waals surface area contributed by atoms with Crippen LogP contribution in [0.2, 0.25) is 0 Å². The molecule has 3 atom stereocenters. The molecule has 0 amide bonds. The average molecular weight is 258 g/mol. The van der Waals surface area contributed by atoms with Crippen LogP contribution < -0.4 is 5.32 Å². The first-order chi connectivity index (χ1) is 8.54. The van der Waals surface area contributed by atoms with Crippen LogP contribution in [0.4, 0.5) is 0 Å². The summed E-state index contributed by atoms with van der Waals surface area (Å²) >= 11 is 0. The third-order valence-electron chi connectivity index (χ3n) is 4.55. The predicted molar refractivity (Wildman–Crippen MR) is 69.3 cm³/mol. The Hall–Kier alpha value is -0.200. The minimum atomic E-state index is -0.684. The molecule has 0 bridgehead atoms.